The molecule has 9 heteroatoms. The number of aromatic nitrogens is 5. The van der Waals surface area contributed by atoms with Crippen LogP contribution in [0.4, 0.5) is 0 Å². The molecule has 1 N–H and O–H groups in total. The van der Waals surface area contributed by atoms with Crippen LogP contribution in [0.25, 0.3) is 21.4 Å². The number of aryl methyl sites for hydroxylation is 1. The lowest BCUT2D eigenvalue weighted by molar-refractivity contribution is 0.743. The molecular formula is C17H15N5O2S2. The highest BCUT2D eigenvalue weighted by atomic mass is 32.2. The molecule has 132 valence electrons. The molecule has 0 bridgehead atoms. The van der Waals surface area contributed by atoms with E-state index in [0.29, 0.717) is 22.9 Å². The number of hydrogen-bond donors (Lipinski definition) is 1. The van der Waals surface area contributed by atoms with Gasteiger partial charge in [0.1, 0.15) is 0 Å². The lowest BCUT2D eigenvalue weighted by Gasteiger charge is -2.04. The van der Waals surface area contributed by atoms with E-state index in [1.165, 1.54) is 16.3 Å². The summed E-state index contributed by atoms with van der Waals surface area (Å²) in [6.45, 7) is 2.40. The second kappa shape index (κ2) is 6.58. The number of rotatable bonds is 4. The average Bonchev–Trinajstić information content (AvgIpc) is 3.19. The quantitative estimate of drug-likeness (QED) is 0.546. The number of imidazole rings is 1. The molecule has 0 radical (unpaired) electrons. The van der Waals surface area contributed by atoms with Gasteiger partial charge in [0.05, 0.1) is 10.2 Å². The zero-order valence-corrected chi connectivity index (χ0v) is 15.7. The first-order chi connectivity index (χ1) is 12.6. The van der Waals surface area contributed by atoms with Crippen molar-refractivity contribution in [3.8, 4) is 0 Å². The minimum Gasteiger partial charge on any atom is -0.309 e. The van der Waals surface area contributed by atoms with Gasteiger partial charge in [-0.1, -0.05) is 24.3 Å². The van der Waals surface area contributed by atoms with Gasteiger partial charge in [-0.05, 0) is 30.8 Å². The maximum Gasteiger partial charge on any atom is 0.329 e. The summed E-state index contributed by atoms with van der Waals surface area (Å²) in [5.41, 5.74) is 0.771. The van der Waals surface area contributed by atoms with Crippen LogP contribution in [0.15, 0.2) is 55.5 Å². The van der Waals surface area contributed by atoms with Crippen LogP contribution in [-0.4, -0.2) is 24.1 Å². The van der Waals surface area contributed by atoms with Gasteiger partial charge < -0.3 is 4.57 Å². The van der Waals surface area contributed by atoms with Crippen molar-refractivity contribution in [2.75, 3.05) is 0 Å². The Morgan fingerprint density at radius 3 is 2.85 bits per heavy atom. The van der Waals surface area contributed by atoms with Crippen LogP contribution < -0.4 is 11.2 Å². The Morgan fingerprint density at radius 2 is 2.08 bits per heavy atom. The zero-order valence-electron chi connectivity index (χ0n) is 14.1. The molecule has 4 aromatic rings. The molecule has 3 aromatic heterocycles. The highest BCUT2D eigenvalue weighted by molar-refractivity contribution is 8.01. The van der Waals surface area contributed by atoms with Crippen molar-refractivity contribution in [3.63, 3.8) is 0 Å². The van der Waals surface area contributed by atoms with Gasteiger partial charge in [-0.2, -0.15) is 0 Å². The number of fused-ring (bicyclic) bond motifs is 2. The number of H-pyrrole nitrogens is 1. The summed E-state index contributed by atoms with van der Waals surface area (Å²) in [6, 6.07) is 7.92. The maximum atomic E-state index is 12.4. The molecule has 7 nitrogen and oxygen atoms in total. The number of benzene rings is 1. The van der Waals surface area contributed by atoms with Crippen molar-refractivity contribution in [2.45, 2.75) is 23.0 Å². The number of allylic oxidation sites excluding steroid dienone is 2. The van der Waals surface area contributed by atoms with Gasteiger partial charge in [-0.3, -0.25) is 14.3 Å². The standard InChI is InChI=1S/C17H15N5O2S2/c1-3-4-9-22-12-13(21(2)15(24)20-14(12)23)19-16(22)26-17-18-10-7-5-6-8-11(10)25-17/h3-8H,9H2,1-2H3,(H,20,23,24)/b4-3-. The predicted octanol–water partition coefficient (Wildman–Crippen LogP) is 2.76. The van der Waals surface area contributed by atoms with Crippen LogP contribution in [0.2, 0.25) is 0 Å². The Balaban J connectivity index is 1.90. The van der Waals surface area contributed by atoms with Crippen molar-refractivity contribution in [1.82, 2.24) is 24.1 Å². The largest absolute Gasteiger partial charge is 0.329 e. The molecule has 0 unspecified atom stereocenters. The molecule has 0 saturated carbocycles. The van der Waals surface area contributed by atoms with E-state index >= 15 is 0 Å². The fourth-order valence-electron chi connectivity index (χ4n) is 2.65. The number of para-hydroxylation sites is 1. The van der Waals surface area contributed by atoms with E-state index in [1.54, 1.807) is 18.4 Å². The molecule has 0 amide bonds. The van der Waals surface area contributed by atoms with Gasteiger partial charge in [0.25, 0.3) is 5.56 Å². The molecular weight excluding hydrogens is 370 g/mol. The van der Waals surface area contributed by atoms with Gasteiger partial charge >= 0.3 is 5.69 Å². The third-order valence-electron chi connectivity index (χ3n) is 3.95. The first-order valence-corrected chi connectivity index (χ1v) is 9.56. The molecule has 0 aliphatic rings. The van der Waals surface area contributed by atoms with Gasteiger partial charge in [-0.15, -0.1) is 11.3 Å². The van der Waals surface area contributed by atoms with Crippen LogP contribution in [0.5, 0.6) is 0 Å². The van der Waals surface area contributed by atoms with Crippen LogP contribution in [0, 0.1) is 0 Å². The van der Waals surface area contributed by atoms with E-state index in [2.05, 4.69) is 15.0 Å². The van der Waals surface area contributed by atoms with Crippen molar-refractivity contribution in [2.24, 2.45) is 7.05 Å². The molecule has 0 atom stereocenters. The van der Waals surface area contributed by atoms with Crippen molar-refractivity contribution in [3.05, 3.63) is 57.3 Å². The van der Waals surface area contributed by atoms with Crippen LogP contribution in [0.3, 0.4) is 0 Å². The topological polar surface area (TPSA) is 85.6 Å². The number of nitrogens with one attached hydrogen (secondary N) is 1. The third kappa shape index (κ3) is 2.78. The van der Waals surface area contributed by atoms with Crippen LogP contribution >= 0.6 is 23.1 Å². The zero-order chi connectivity index (χ0) is 18.3. The Labute approximate surface area is 156 Å². The van der Waals surface area contributed by atoms with Crippen molar-refractivity contribution < 1.29 is 0 Å². The Morgan fingerprint density at radius 1 is 1.27 bits per heavy atom. The van der Waals surface area contributed by atoms with Gasteiger partial charge in [0.2, 0.25) is 0 Å². The lowest BCUT2D eigenvalue weighted by Crippen LogP contribution is -2.29. The molecule has 0 fully saturated rings. The number of thiazole rings is 1. The van der Waals surface area contributed by atoms with E-state index < -0.39 is 11.2 Å². The van der Waals surface area contributed by atoms with Crippen molar-refractivity contribution >= 4 is 44.5 Å². The van der Waals surface area contributed by atoms with E-state index in [-0.39, 0.29) is 0 Å². The number of aromatic amines is 1. The fourth-order valence-corrected chi connectivity index (χ4v) is 4.71. The predicted molar refractivity (Wildman–Crippen MR) is 104 cm³/mol. The van der Waals surface area contributed by atoms with Crippen molar-refractivity contribution in [1.29, 1.82) is 0 Å². The molecule has 1 aromatic carbocycles. The number of nitrogens with zero attached hydrogens (tertiary/aromatic N) is 4. The summed E-state index contributed by atoms with van der Waals surface area (Å²) in [7, 11) is 1.60. The fraction of sp³-hybridized carbons (Fsp3) is 0.176. The summed E-state index contributed by atoms with van der Waals surface area (Å²) in [5, 5.41) is 0.629. The molecule has 0 saturated heterocycles. The lowest BCUT2D eigenvalue weighted by atomic mass is 10.3. The molecule has 3 heterocycles. The second-order valence-corrected chi connectivity index (χ2v) is 7.86. The molecule has 0 aliphatic carbocycles. The third-order valence-corrected chi connectivity index (χ3v) is 6.04. The maximum absolute atomic E-state index is 12.4. The average molecular weight is 385 g/mol. The minimum absolute atomic E-state index is 0.367. The highest BCUT2D eigenvalue weighted by Crippen LogP contribution is 2.34. The summed E-state index contributed by atoms with van der Waals surface area (Å²) in [6.07, 6.45) is 3.85. The smallest absolute Gasteiger partial charge is 0.309 e. The van der Waals surface area contributed by atoms with E-state index in [0.717, 1.165) is 14.6 Å². The SMILES string of the molecule is C/C=C\Cn1c(Sc2nc3ccccc3s2)nc2c1c(=O)[nH]c(=O)n2C. The van der Waals surface area contributed by atoms with Gasteiger partial charge in [0, 0.05) is 13.6 Å². The summed E-state index contributed by atoms with van der Waals surface area (Å²) in [5.74, 6) is 0. The van der Waals surface area contributed by atoms with Crippen LogP contribution in [0.1, 0.15) is 6.92 Å². The van der Waals surface area contributed by atoms with E-state index in [1.807, 2.05) is 47.9 Å². The number of hydrogen-bond acceptors (Lipinski definition) is 6. The normalized spacial score (nSPS) is 11.9. The molecule has 26 heavy (non-hydrogen) atoms. The van der Waals surface area contributed by atoms with Gasteiger partial charge in [-0.25, -0.2) is 14.8 Å². The van der Waals surface area contributed by atoms with Gasteiger partial charge in [0.15, 0.2) is 20.7 Å². The molecule has 0 aliphatic heterocycles. The first-order valence-electron chi connectivity index (χ1n) is 7.92. The summed E-state index contributed by atoms with van der Waals surface area (Å²) >= 11 is 2.97. The second-order valence-electron chi connectivity index (χ2n) is 5.61. The minimum atomic E-state index is -0.477. The van der Waals surface area contributed by atoms with E-state index in [4.69, 9.17) is 0 Å². The first kappa shape index (κ1) is 16.8. The molecule has 0 spiro atoms. The van der Waals surface area contributed by atoms with E-state index in [9.17, 15) is 9.59 Å². The summed E-state index contributed by atoms with van der Waals surface area (Å²) in [4.78, 5) is 35.8. The summed E-state index contributed by atoms with van der Waals surface area (Å²) < 4.78 is 5.09. The highest BCUT2D eigenvalue weighted by Gasteiger charge is 2.18. The monoisotopic (exact) mass is 385 g/mol. The Bertz CT molecular complexity index is 1230. The molecule has 4 rings (SSSR count). The Hall–Kier alpha value is -2.65. The Kier molecular flexibility index (Phi) is 4.25. The van der Waals surface area contributed by atoms with Crippen LogP contribution in [-0.2, 0) is 13.6 Å².